The molecule has 1 aromatic carbocycles. The second-order valence-corrected chi connectivity index (χ2v) is 4.40. The number of anilines is 1. The van der Waals surface area contributed by atoms with E-state index in [0.717, 1.165) is 16.6 Å². The molecule has 5 heteroatoms. The third-order valence-corrected chi connectivity index (χ3v) is 2.86. The number of nitrogen functional groups attached to an aromatic ring is 1. The highest BCUT2D eigenvalue weighted by molar-refractivity contribution is 6.30. The molecule has 4 nitrogen and oxygen atoms in total. The summed E-state index contributed by atoms with van der Waals surface area (Å²) in [6.07, 6.45) is 1.42. The zero-order valence-corrected chi connectivity index (χ0v) is 10.6. The number of aromatic amines is 1. The van der Waals surface area contributed by atoms with Gasteiger partial charge in [-0.1, -0.05) is 23.6 Å². The van der Waals surface area contributed by atoms with Gasteiger partial charge in [-0.15, -0.1) is 0 Å². The summed E-state index contributed by atoms with van der Waals surface area (Å²) in [5, 5.41) is 1.44. The van der Waals surface area contributed by atoms with E-state index in [9.17, 15) is 0 Å². The van der Waals surface area contributed by atoms with Crippen molar-refractivity contribution >= 4 is 28.5 Å². The van der Waals surface area contributed by atoms with Crippen molar-refractivity contribution in [2.75, 3.05) is 5.73 Å². The largest absolute Gasteiger partial charge is 0.383 e. The van der Waals surface area contributed by atoms with Crippen LogP contribution in [0.3, 0.4) is 0 Å². The van der Waals surface area contributed by atoms with Gasteiger partial charge in [0.1, 0.15) is 17.8 Å². The Morgan fingerprint density at radius 1 is 1.16 bits per heavy atom. The molecular formula is C14H9ClN4. The molecule has 0 unspecified atom stereocenters. The zero-order chi connectivity index (χ0) is 13.2. The van der Waals surface area contributed by atoms with Crippen molar-refractivity contribution in [3.8, 4) is 11.8 Å². The topological polar surface area (TPSA) is 67.6 Å². The summed E-state index contributed by atoms with van der Waals surface area (Å²) in [5.41, 5.74) is 8.03. The van der Waals surface area contributed by atoms with Crippen LogP contribution in [0.4, 0.5) is 5.82 Å². The summed E-state index contributed by atoms with van der Waals surface area (Å²) >= 11 is 5.90. The number of aromatic nitrogens is 3. The number of nitrogens with two attached hydrogens (primary N) is 1. The fourth-order valence-corrected chi connectivity index (χ4v) is 1.92. The van der Waals surface area contributed by atoms with Gasteiger partial charge >= 0.3 is 0 Å². The van der Waals surface area contributed by atoms with E-state index < -0.39 is 0 Å². The van der Waals surface area contributed by atoms with E-state index in [2.05, 4.69) is 26.8 Å². The van der Waals surface area contributed by atoms with E-state index in [0.29, 0.717) is 16.5 Å². The molecule has 3 N–H and O–H groups in total. The molecule has 2 heterocycles. The summed E-state index contributed by atoms with van der Waals surface area (Å²) in [5.74, 6) is 6.49. The predicted molar refractivity (Wildman–Crippen MR) is 75.7 cm³/mol. The SMILES string of the molecule is Nc1ncnc2[nH]c(C#Cc3cccc(Cl)c3)cc12. The summed E-state index contributed by atoms with van der Waals surface area (Å²) in [4.78, 5) is 11.1. The first-order valence-corrected chi connectivity index (χ1v) is 5.97. The minimum Gasteiger partial charge on any atom is -0.383 e. The highest BCUT2D eigenvalue weighted by atomic mass is 35.5. The molecule has 0 radical (unpaired) electrons. The van der Waals surface area contributed by atoms with E-state index in [4.69, 9.17) is 17.3 Å². The lowest BCUT2D eigenvalue weighted by molar-refractivity contribution is 1.20. The Bertz CT molecular complexity index is 811. The quantitative estimate of drug-likeness (QED) is 0.616. The van der Waals surface area contributed by atoms with Gasteiger partial charge in [0.15, 0.2) is 0 Å². The minimum absolute atomic E-state index is 0.442. The first-order chi connectivity index (χ1) is 9.22. The molecule has 0 aliphatic rings. The molecule has 0 amide bonds. The van der Waals surface area contributed by atoms with Crippen molar-refractivity contribution in [3.05, 3.63) is 52.9 Å². The second-order valence-electron chi connectivity index (χ2n) is 3.96. The Hall–Kier alpha value is -2.51. The summed E-state index contributed by atoms with van der Waals surface area (Å²) in [6, 6.07) is 9.22. The zero-order valence-electron chi connectivity index (χ0n) is 9.81. The average molecular weight is 269 g/mol. The number of hydrogen-bond donors (Lipinski definition) is 2. The molecule has 0 saturated carbocycles. The Morgan fingerprint density at radius 2 is 2.05 bits per heavy atom. The van der Waals surface area contributed by atoms with Crippen molar-refractivity contribution in [1.29, 1.82) is 0 Å². The van der Waals surface area contributed by atoms with Gasteiger partial charge in [-0.25, -0.2) is 9.97 Å². The van der Waals surface area contributed by atoms with Crippen LogP contribution < -0.4 is 5.73 Å². The Balaban J connectivity index is 2.01. The Labute approximate surface area is 114 Å². The molecule has 0 fully saturated rings. The van der Waals surface area contributed by atoms with E-state index in [1.807, 2.05) is 30.3 Å². The first kappa shape index (κ1) is 11.6. The average Bonchev–Trinajstić information content (AvgIpc) is 2.81. The van der Waals surface area contributed by atoms with Crippen molar-refractivity contribution in [2.24, 2.45) is 0 Å². The van der Waals surface area contributed by atoms with Gasteiger partial charge in [-0.3, -0.25) is 0 Å². The maximum absolute atomic E-state index is 5.90. The number of nitrogens with one attached hydrogen (secondary N) is 1. The van der Waals surface area contributed by atoms with E-state index in [1.54, 1.807) is 0 Å². The minimum atomic E-state index is 0.442. The standard InChI is InChI=1S/C14H9ClN4/c15-10-3-1-2-9(6-10)4-5-11-7-12-13(16)17-8-18-14(12)19-11/h1-3,6-8H,(H3,16,17,18,19). The molecule has 0 spiro atoms. The van der Waals surface area contributed by atoms with Crippen LogP contribution in [-0.4, -0.2) is 15.0 Å². The van der Waals surface area contributed by atoms with E-state index in [-0.39, 0.29) is 0 Å². The highest BCUT2D eigenvalue weighted by Crippen LogP contribution is 2.17. The van der Waals surface area contributed by atoms with Crippen LogP contribution in [0.1, 0.15) is 11.3 Å². The summed E-state index contributed by atoms with van der Waals surface area (Å²) in [7, 11) is 0. The lowest BCUT2D eigenvalue weighted by Gasteiger charge is -1.90. The van der Waals surface area contributed by atoms with Crippen LogP contribution in [0.5, 0.6) is 0 Å². The van der Waals surface area contributed by atoms with E-state index in [1.165, 1.54) is 6.33 Å². The van der Waals surface area contributed by atoms with Crippen LogP contribution in [0.25, 0.3) is 11.0 Å². The fourth-order valence-electron chi connectivity index (χ4n) is 1.73. The van der Waals surface area contributed by atoms with Gasteiger partial charge < -0.3 is 10.7 Å². The molecular weight excluding hydrogens is 260 g/mol. The van der Waals surface area contributed by atoms with Crippen molar-refractivity contribution in [1.82, 2.24) is 15.0 Å². The summed E-state index contributed by atoms with van der Waals surface area (Å²) < 4.78 is 0. The number of rotatable bonds is 0. The molecule has 3 aromatic rings. The number of halogens is 1. The molecule has 92 valence electrons. The van der Waals surface area contributed by atoms with E-state index >= 15 is 0 Å². The van der Waals surface area contributed by atoms with Gasteiger partial charge in [0, 0.05) is 10.6 Å². The molecule has 0 atom stereocenters. The van der Waals surface area contributed by atoms with Crippen molar-refractivity contribution < 1.29 is 0 Å². The molecule has 3 rings (SSSR count). The second kappa shape index (κ2) is 4.63. The van der Waals surface area contributed by atoms with Crippen LogP contribution in [0.2, 0.25) is 5.02 Å². The fraction of sp³-hybridized carbons (Fsp3) is 0. The van der Waals surface area contributed by atoms with Gasteiger partial charge in [-0.2, -0.15) is 0 Å². The van der Waals surface area contributed by atoms with Gasteiger partial charge in [0.2, 0.25) is 0 Å². The number of hydrogen-bond acceptors (Lipinski definition) is 3. The lowest BCUT2D eigenvalue weighted by Crippen LogP contribution is -1.90. The highest BCUT2D eigenvalue weighted by Gasteiger charge is 2.03. The number of benzene rings is 1. The third-order valence-electron chi connectivity index (χ3n) is 2.62. The normalized spacial score (nSPS) is 10.2. The Kier molecular flexibility index (Phi) is 2.82. The van der Waals surface area contributed by atoms with Gasteiger partial charge in [0.05, 0.1) is 11.1 Å². The Morgan fingerprint density at radius 3 is 2.84 bits per heavy atom. The van der Waals surface area contributed by atoms with Crippen molar-refractivity contribution in [2.45, 2.75) is 0 Å². The third kappa shape index (κ3) is 2.37. The van der Waals surface area contributed by atoms with Crippen LogP contribution >= 0.6 is 11.6 Å². The smallest absolute Gasteiger partial charge is 0.143 e. The molecule has 0 bridgehead atoms. The predicted octanol–water partition coefficient (Wildman–Crippen LogP) is 2.59. The van der Waals surface area contributed by atoms with Crippen LogP contribution in [0, 0.1) is 11.8 Å². The van der Waals surface area contributed by atoms with Gasteiger partial charge in [-0.05, 0) is 30.2 Å². The molecule has 0 aliphatic carbocycles. The van der Waals surface area contributed by atoms with Crippen LogP contribution in [0.15, 0.2) is 36.7 Å². The first-order valence-electron chi connectivity index (χ1n) is 5.59. The number of nitrogens with zero attached hydrogens (tertiary/aromatic N) is 2. The molecule has 19 heavy (non-hydrogen) atoms. The summed E-state index contributed by atoms with van der Waals surface area (Å²) in [6.45, 7) is 0. The van der Waals surface area contributed by atoms with Crippen molar-refractivity contribution in [3.63, 3.8) is 0 Å². The molecule has 0 aliphatic heterocycles. The maximum Gasteiger partial charge on any atom is 0.143 e. The molecule has 0 saturated heterocycles. The maximum atomic E-state index is 5.90. The number of H-pyrrole nitrogens is 1. The molecule has 2 aromatic heterocycles. The van der Waals surface area contributed by atoms with Crippen LogP contribution in [-0.2, 0) is 0 Å². The monoisotopic (exact) mass is 268 g/mol. The number of fused-ring (bicyclic) bond motifs is 1. The lowest BCUT2D eigenvalue weighted by atomic mass is 10.2. The van der Waals surface area contributed by atoms with Gasteiger partial charge in [0.25, 0.3) is 0 Å².